The van der Waals surface area contributed by atoms with Crippen LogP contribution in [0.4, 0.5) is 5.69 Å². The molecule has 0 unspecified atom stereocenters. The van der Waals surface area contributed by atoms with Gasteiger partial charge in [0, 0.05) is 12.1 Å². The van der Waals surface area contributed by atoms with Crippen LogP contribution in [-0.2, 0) is 9.59 Å². The first-order valence-corrected chi connectivity index (χ1v) is 7.50. The molecule has 3 N–H and O–H groups in total. The van der Waals surface area contributed by atoms with Crippen LogP contribution in [0.5, 0.6) is 0 Å². The third-order valence-corrected chi connectivity index (χ3v) is 3.05. The monoisotopic (exact) mass is 318 g/mol. The number of carbonyl (C=O) groups excluding carboxylic acids is 2. The molecule has 2 amide bonds. The molecule has 0 fully saturated rings. The van der Waals surface area contributed by atoms with Crippen molar-refractivity contribution in [3.63, 3.8) is 0 Å². The fourth-order valence-electron chi connectivity index (χ4n) is 1.78. The van der Waals surface area contributed by atoms with E-state index in [1.165, 1.54) is 6.92 Å². The van der Waals surface area contributed by atoms with Crippen molar-refractivity contribution < 1.29 is 14.8 Å². The highest BCUT2D eigenvalue weighted by molar-refractivity contribution is 6.68. The molecular weight excluding hydrogens is 296 g/mol. The van der Waals surface area contributed by atoms with Crippen molar-refractivity contribution in [3.8, 4) is 0 Å². The number of benzene rings is 1. The van der Waals surface area contributed by atoms with Crippen molar-refractivity contribution in [2.45, 2.75) is 39.5 Å². The number of carbonyl (C=O) groups is 2. The lowest BCUT2D eigenvalue weighted by molar-refractivity contribution is -0.121. The molecular formula is C16H22N4O3. The Balaban J connectivity index is 2.60. The second kappa shape index (κ2) is 10.1. The molecule has 124 valence electrons. The molecule has 1 aromatic carbocycles. The number of hydrazone groups is 1. The Morgan fingerprint density at radius 3 is 2.48 bits per heavy atom. The average Bonchev–Trinajstić information content (AvgIpc) is 2.55. The molecule has 0 saturated carbocycles. The first-order valence-electron chi connectivity index (χ1n) is 7.50. The minimum atomic E-state index is -0.611. The van der Waals surface area contributed by atoms with Gasteiger partial charge in [0.2, 0.25) is 5.91 Å². The molecule has 0 aliphatic carbocycles. The van der Waals surface area contributed by atoms with Crippen LogP contribution in [0.2, 0.25) is 0 Å². The summed E-state index contributed by atoms with van der Waals surface area (Å²) in [6.07, 6.45) is 3.15. The van der Waals surface area contributed by atoms with Gasteiger partial charge in [0.15, 0.2) is 5.71 Å². The van der Waals surface area contributed by atoms with Crippen LogP contribution < -0.4 is 10.7 Å². The van der Waals surface area contributed by atoms with Gasteiger partial charge in [0.1, 0.15) is 0 Å². The fourth-order valence-corrected chi connectivity index (χ4v) is 1.78. The zero-order chi connectivity index (χ0) is 17.1. The molecule has 0 bridgehead atoms. The van der Waals surface area contributed by atoms with Gasteiger partial charge in [-0.15, -0.1) is 0 Å². The van der Waals surface area contributed by atoms with E-state index in [9.17, 15) is 9.59 Å². The number of unbranched alkanes of at least 4 members (excludes halogenated alkanes) is 2. The minimum Gasteiger partial charge on any atom is -0.410 e. The lowest BCUT2D eigenvalue weighted by atomic mass is 10.2. The van der Waals surface area contributed by atoms with Crippen LogP contribution >= 0.6 is 0 Å². The molecule has 0 saturated heterocycles. The molecule has 0 radical (unpaired) electrons. The van der Waals surface area contributed by atoms with Gasteiger partial charge in [-0.3, -0.25) is 9.59 Å². The first-order chi connectivity index (χ1) is 11.1. The number of rotatable bonds is 8. The summed E-state index contributed by atoms with van der Waals surface area (Å²) in [4.78, 5) is 23.6. The molecule has 7 nitrogen and oxygen atoms in total. The van der Waals surface area contributed by atoms with E-state index in [-0.39, 0.29) is 17.3 Å². The van der Waals surface area contributed by atoms with E-state index in [0.29, 0.717) is 12.1 Å². The number of hydrogen-bond donors (Lipinski definition) is 3. The van der Waals surface area contributed by atoms with Crippen molar-refractivity contribution in [3.05, 3.63) is 30.3 Å². The second-order valence-corrected chi connectivity index (χ2v) is 4.96. The van der Waals surface area contributed by atoms with E-state index in [4.69, 9.17) is 5.21 Å². The van der Waals surface area contributed by atoms with E-state index < -0.39 is 5.91 Å². The molecule has 0 heterocycles. The minimum absolute atomic E-state index is 0.116. The van der Waals surface area contributed by atoms with Crippen LogP contribution in [0, 0.1) is 0 Å². The smallest absolute Gasteiger partial charge is 0.279 e. The Hall–Kier alpha value is -2.70. The van der Waals surface area contributed by atoms with Crippen molar-refractivity contribution in [2.24, 2.45) is 10.3 Å². The summed E-state index contributed by atoms with van der Waals surface area (Å²) >= 11 is 0. The summed E-state index contributed by atoms with van der Waals surface area (Å²) in [5.41, 5.74) is 2.77. The van der Waals surface area contributed by atoms with Gasteiger partial charge in [-0.25, -0.2) is 5.43 Å². The summed E-state index contributed by atoms with van der Waals surface area (Å²) in [6, 6.07) is 8.76. The number of anilines is 1. The number of oxime groups is 1. The molecule has 1 aromatic rings. The summed E-state index contributed by atoms with van der Waals surface area (Å²) in [5, 5.41) is 18.4. The molecule has 0 aromatic heterocycles. The molecule has 0 spiro atoms. The van der Waals surface area contributed by atoms with Crippen LogP contribution in [0.25, 0.3) is 0 Å². The fraction of sp³-hybridized carbons (Fsp3) is 0.375. The van der Waals surface area contributed by atoms with Gasteiger partial charge < -0.3 is 10.5 Å². The van der Waals surface area contributed by atoms with Crippen LogP contribution in [0.3, 0.4) is 0 Å². The molecule has 23 heavy (non-hydrogen) atoms. The zero-order valence-electron chi connectivity index (χ0n) is 13.4. The Bertz CT molecular complexity index is 582. The van der Waals surface area contributed by atoms with Crippen molar-refractivity contribution in [1.29, 1.82) is 0 Å². The molecule has 7 heteroatoms. The largest absolute Gasteiger partial charge is 0.410 e. The predicted molar refractivity (Wildman–Crippen MR) is 89.7 cm³/mol. The maximum atomic E-state index is 12.0. The van der Waals surface area contributed by atoms with Crippen molar-refractivity contribution in [1.82, 2.24) is 5.43 Å². The summed E-state index contributed by atoms with van der Waals surface area (Å²) in [7, 11) is 0. The maximum absolute atomic E-state index is 12.0. The zero-order valence-corrected chi connectivity index (χ0v) is 13.4. The van der Waals surface area contributed by atoms with Gasteiger partial charge in [-0.1, -0.05) is 43.1 Å². The van der Waals surface area contributed by atoms with Gasteiger partial charge in [0.05, 0.1) is 5.71 Å². The second-order valence-electron chi connectivity index (χ2n) is 4.96. The predicted octanol–water partition coefficient (Wildman–Crippen LogP) is 2.53. The molecule has 0 aliphatic heterocycles. The van der Waals surface area contributed by atoms with Gasteiger partial charge in [-0.05, 0) is 25.5 Å². The summed E-state index contributed by atoms with van der Waals surface area (Å²) < 4.78 is 0. The van der Waals surface area contributed by atoms with Gasteiger partial charge >= 0.3 is 0 Å². The van der Waals surface area contributed by atoms with E-state index >= 15 is 0 Å². The Labute approximate surface area is 135 Å². The van der Waals surface area contributed by atoms with Gasteiger partial charge in [0.25, 0.3) is 5.91 Å². The lowest BCUT2D eigenvalue weighted by Gasteiger charge is -2.06. The number of hydrogen-bond acceptors (Lipinski definition) is 5. The number of amides is 2. The van der Waals surface area contributed by atoms with Gasteiger partial charge in [-0.2, -0.15) is 5.10 Å². The molecule has 0 atom stereocenters. The van der Waals surface area contributed by atoms with E-state index in [2.05, 4.69) is 27.9 Å². The summed E-state index contributed by atoms with van der Waals surface area (Å²) in [6.45, 7) is 3.53. The SMILES string of the molecule is CCCCCC(=O)NN=C(C)C(=NO)C(=O)Nc1ccccc1. The third-order valence-electron chi connectivity index (χ3n) is 3.05. The molecule has 0 aliphatic rings. The lowest BCUT2D eigenvalue weighted by Crippen LogP contribution is -2.31. The first kappa shape index (κ1) is 18.3. The highest BCUT2D eigenvalue weighted by Crippen LogP contribution is 2.05. The summed E-state index contributed by atoms with van der Waals surface area (Å²) in [5.74, 6) is -0.848. The van der Waals surface area contributed by atoms with Crippen LogP contribution in [-0.4, -0.2) is 28.4 Å². The molecule has 1 rings (SSSR count). The highest BCUT2D eigenvalue weighted by atomic mass is 16.4. The highest BCUT2D eigenvalue weighted by Gasteiger charge is 2.16. The standard InChI is InChI=1S/C16H22N4O3/c1-3-4-6-11-14(21)19-18-12(2)15(20-23)16(22)17-13-9-7-5-8-10-13/h5,7-10,23H,3-4,6,11H2,1-2H3,(H,17,22)(H,19,21). The Kier molecular flexibility index (Phi) is 8.06. The van der Waals surface area contributed by atoms with E-state index in [1.807, 2.05) is 6.07 Å². The number of nitrogens with one attached hydrogen (secondary N) is 2. The van der Waals surface area contributed by atoms with E-state index in [0.717, 1.165) is 19.3 Å². The average molecular weight is 318 g/mol. The Morgan fingerprint density at radius 2 is 1.87 bits per heavy atom. The normalized spacial score (nSPS) is 11.9. The van der Waals surface area contributed by atoms with Crippen LogP contribution in [0.15, 0.2) is 40.6 Å². The number of para-hydroxylation sites is 1. The maximum Gasteiger partial charge on any atom is 0.279 e. The van der Waals surface area contributed by atoms with E-state index in [1.54, 1.807) is 24.3 Å². The third kappa shape index (κ3) is 6.73. The van der Waals surface area contributed by atoms with Crippen LogP contribution in [0.1, 0.15) is 39.5 Å². The topological polar surface area (TPSA) is 103 Å². The number of nitrogens with zero attached hydrogens (tertiary/aromatic N) is 2. The Morgan fingerprint density at radius 1 is 1.17 bits per heavy atom. The van der Waals surface area contributed by atoms with Crippen molar-refractivity contribution >= 4 is 28.9 Å². The quantitative estimate of drug-likeness (QED) is 0.297. The van der Waals surface area contributed by atoms with Crippen molar-refractivity contribution in [2.75, 3.05) is 5.32 Å².